The van der Waals surface area contributed by atoms with E-state index in [9.17, 15) is 23.9 Å². The summed E-state index contributed by atoms with van der Waals surface area (Å²) in [5, 5.41) is 11.7. The largest absolute Gasteiger partial charge is 0.477 e. The molecule has 0 spiro atoms. The van der Waals surface area contributed by atoms with Gasteiger partial charge in [0, 0.05) is 14.1 Å². The number of para-hydroxylation sites is 1. The van der Waals surface area contributed by atoms with E-state index in [0.29, 0.717) is 4.57 Å². The minimum Gasteiger partial charge on any atom is -0.477 e. The molecule has 21 heavy (non-hydrogen) atoms. The van der Waals surface area contributed by atoms with Gasteiger partial charge in [-0.3, -0.25) is 13.9 Å². The number of benzene rings is 1. The van der Waals surface area contributed by atoms with Crippen molar-refractivity contribution in [2.45, 2.75) is 0 Å². The Bertz CT molecular complexity index is 838. The average Bonchev–Trinajstić information content (AvgIpc) is 2.44. The summed E-state index contributed by atoms with van der Waals surface area (Å²) >= 11 is 0. The second kappa shape index (κ2) is 5.23. The molecule has 0 unspecified atom stereocenters. The molecule has 1 heterocycles. The van der Waals surface area contributed by atoms with Gasteiger partial charge in [0.25, 0.3) is 5.56 Å². The summed E-state index contributed by atoms with van der Waals surface area (Å²) in [6.07, 6.45) is 0. The zero-order chi connectivity index (χ0) is 15.7. The Hall–Kier alpha value is -2.90. The molecule has 1 aromatic heterocycles. The maximum atomic E-state index is 13.6. The summed E-state index contributed by atoms with van der Waals surface area (Å²) in [6, 6.07) is 5.53. The van der Waals surface area contributed by atoms with Gasteiger partial charge in [0.15, 0.2) is 5.56 Å². The summed E-state index contributed by atoms with van der Waals surface area (Å²) in [5.74, 6) is -2.42. The Balaban J connectivity index is 2.74. The highest BCUT2D eigenvalue weighted by Crippen LogP contribution is 2.19. The molecule has 1 aromatic carbocycles. The van der Waals surface area contributed by atoms with Gasteiger partial charge >= 0.3 is 11.7 Å². The van der Waals surface area contributed by atoms with E-state index in [2.05, 4.69) is 5.32 Å². The molecular weight excluding hydrogens is 281 g/mol. The molecule has 0 fully saturated rings. The maximum absolute atomic E-state index is 13.6. The highest BCUT2D eigenvalue weighted by Gasteiger charge is 2.22. The Morgan fingerprint density at radius 1 is 1.19 bits per heavy atom. The number of aromatic nitrogens is 2. The molecule has 7 nitrogen and oxygen atoms in total. The third-order valence-electron chi connectivity index (χ3n) is 3.01. The molecule has 0 aliphatic heterocycles. The van der Waals surface area contributed by atoms with E-state index >= 15 is 0 Å². The van der Waals surface area contributed by atoms with Crippen molar-refractivity contribution in [3.05, 3.63) is 56.5 Å². The van der Waals surface area contributed by atoms with E-state index in [1.54, 1.807) is 0 Å². The van der Waals surface area contributed by atoms with Crippen LogP contribution in [0.1, 0.15) is 10.4 Å². The number of nitrogens with one attached hydrogen (secondary N) is 1. The Morgan fingerprint density at radius 2 is 1.81 bits per heavy atom. The van der Waals surface area contributed by atoms with Crippen LogP contribution in [0.3, 0.4) is 0 Å². The Kier molecular flexibility index (Phi) is 3.62. The van der Waals surface area contributed by atoms with Crippen LogP contribution in [0.15, 0.2) is 33.9 Å². The van der Waals surface area contributed by atoms with Crippen molar-refractivity contribution in [1.82, 2.24) is 9.13 Å². The molecule has 0 amide bonds. The zero-order valence-electron chi connectivity index (χ0n) is 11.3. The second-order valence-electron chi connectivity index (χ2n) is 4.34. The monoisotopic (exact) mass is 293 g/mol. The lowest BCUT2D eigenvalue weighted by atomic mass is 10.2. The van der Waals surface area contributed by atoms with Crippen molar-refractivity contribution in [3.8, 4) is 0 Å². The van der Waals surface area contributed by atoms with Gasteiger partial charge in [0.1, 0.15) is 11.6 Å². The van der Waals surface area contributed by atoms with Crippen molar-refractivity contribution in [3.63, 3.8) is 0 Å². The van der Waals surface area contributed by atoms with Crippen LogP contribution in [0, 0.1) is 5.82 Å². The molecule has 0 aliphatic rings. The smallest absolute Gasteiger partial charge is 0.345 e. The van der Waals surface area contributed by atoms with Gasteiger partial charge in [-0.2, -0.15) is 0 Å². The number of aromatic carboxylic acids is 1. The fourth-order valence-corrected chi connectivity index (χ4v) is 1.87. The van der Waals surface area contributed by atoms with Crippen LogP contribution in [0.5, 0.6) is 0 Å². The number of rotatable bonds is 3. The lowest BCUT2D eigenvalue weighted by molar-refractivity contribution is 0.0694. The number of nitrogens with zero attached hydrogens (tertiary/aromatic N) is 2. The van der Waals surface area contributed by atoms with Crippen LogP contribution < -0.4 is 16.6 Å². The molecule has 2 aromatic rings. The molecule has 0 saturated carbocycles. The van der Waals surface area contributed by atoms with Gasteiger partial charge in [0.05, 0.1) is 5.69 Å². The van der Waals surface area contributed by atoms with Gasteiger partial charge in [-0.1, -0.05) is 12.1 Å². The molecular formula is C13H12FN3O4. The van der Waals surface area contributed by atoms with Crippen molar-refractivity contribution < 1.29 is 14.3 Å². The third kappa shape index (κ3) is 2.42. The summed E-state index contributed by atoms with van der Waals surface area (Å²) in [6.45, 7) is 0. The van der Waals surface area contributed by atoms with Crippen molar-refractivity contribution in [2.24, 2.45) is 14.1 Å². The number of hydrogen-bond acceptors (Lipinski definition) is 4. The molecule has 0 radical (unpaired) electrons. The molecule has 110 valence electrons. The van der Waals surface area contributed by atoms with E-state index in [4.69, 9.17) is 0 Å². The van der Waals surface area contributed by atoms with E-state index in [1.807, 2.05) is 0 Å². The molecule has 0 bridgehead atoms. The van der Waals surface area contributed by atoms with Gasteiger partial charge in [-0.05, 0) is 12.1 Å². The predicted molar refractivity (Wildman–Crippen MR) is 73.6 cm³/mol. The predicted octanol–water partition coefficient (Wildman–Crippen LogP) is 0.665. The first kappa shape index (κ1) is 14.5. The quantitative estimate of drug-likeness (QED) is 0.867. The highest BCUT2D eigenvalue weighted by molar-refractivity contribution is 5.93. The van der Waals surface area contributed by atoms with Gasteiger partial charge in [-0.25, -0.2) is 14.0 Å². The lowest BCUT2D eigenvalue weighted by Crippen LogP contribution is -2.41. The van der Waals surface area contributed by atoms with Gasteiger partial charge in [-0.15, -0.1) is 0 Å². The fraction of sp³-hybridized carbons (Fsp3) is 0.154. The molecule has 0 saturated heterocycles. The second-order valence-corrected chi connectivity index (χ2v) is 4.34. The topological polar surface area (TPSA) is 93.3 Å². The van der Waals surface area contributed by atoms with E-state index in [-0.39, 0.29) is 11.5 Å². The van der Waals surface area contributed by atoms with Crippen molar-refractivity contribution in [1.29, 1.82) is 0 Å². The number of carboxylic acids is 1. The number of carboxylic acid groups (broad SMARTS) is 1. The lowest BCUT2D eigenvalue weighted by Gasteiger charge is -2.15. The molecule has 2 N–H and O–H groups in total. The minimum atomic E-state index is -1.51. The van der Waals surface area contributed by atoms with E-state index in [0.717, 1.165) is 4.57 Å². The molecule has 0 atom stereocenters. The van der Waals surface area contributed by atoms with Crippen molar-refractivity contribution in [2.75, 3.05) is 5.32 Å². The van der Waals surface area contributed by atoms with Crippen LogP contribution in [0.25, 0.3) is 0 Å². The zero-order valence-corrected chi connectivity index (χ0v) is 11.3. The van der Waals surface area contributed by atoms with E-state index in [1.165, 1.54) is 38.4 Å². The number of carbonyl (C=O) groups is 1. The first-order chi connectivity index (χ1) is 9.84. The standard InChI is InChI=1S/C13H12FN3O4/c1-16-10(15-8-6-4-3-5-7(8)14)9(12(19)20)11(18)17(2)13(16)21/h3-6,15H,1-2H3,(H,19,20). The van der Waals surface area contributed by atoms with Crippen molar-refractivity contribution >= 4 is 17.5 Å². The van der Waals surface area contributed by atoms with Crippen LogP contribution in [-0.4, -0.2) is 20.2 Å². The average molecular weight is 293 g/mol. The third-order valence-corrected chi connectivity index (χ3v) is 3.01. The van der Waals surface area contributed by atoms with E-state index < -0.39 is 28.6 Å². The SMILES string of the molecule is Cn1c(Nc2ccccc2F)c(C(=O)O)c(=O)n(C)c1=O. The summed E-state index contributed by atoms with van der Waals surface area (Å²) in [5.41, 5.74) is -2.36. The number of halogens is 1. The van der Waals surface area contributed by atoms with Crippen LogP contribution in [0.4, 0.5) is 15.9 Å². The normalized spacial score (nSPS) is 10.4. The minimum absolute atomic E-state index is 0.0387. The summed E-state index contributed by atoms with van der Waals surface area (Å²) in [4.78, 5) is 35.0. The summed E-state index contributed by atoms with van der Waals surface area (Å²) in [7, 11) is 2.46. The Labute approximate surface area is 117 Å². The molecule has 0 aliphatic carbocycles. The molecule has 8 heteroatoms. The first-order valence-electron chi connectivity index (χ1n) is 5.89. The Morgan fingerprint density at radius 3 is 2.38 bits per heavy atom. The van der Waals surface area contributed by atoms with Gasteiger partial charge in [0.2, 0.25) is 0 Å². The number of anilines is 2. The number of hydrogen-bond donors (Lipinski definition) is 2. The fourth-order valence-electron chi connectivity index (χ4n) is 1.87. The van der Waals surface area contributed by atoms with Crippen LogP contribution in [0.2, 0.25) is 0 Å². The van der Waals surface area contributed by atoms with Crippen LogP contribution in [-0.2, 0) is 14.1 Å². The summed E-state index contributed by atoms with van der Waals surface area (Å²) < 4.78 is 15.3. The van der Waals surface area contributed by atoms with Gasteiger partial charge < -0.3 is 10.4 Å². The first-order valence-corrected chi connectivity index (χ1v) is 5.89. The molecule has 2 rings (SSSR count). The van der Waals surface area contributed by atoms with Crippen LogP contribution >= 0.6 is 0 Å². The maximum Gasteiger partial charge on any atom is 0.345 e. The highest BCUT2D eigenvalue weighted by atomic mass is 19.1.